The Kier molecular flexibility index (Phi) is 1.12. The molecule has 12 heavy (non-hydrogen) atoms. The molecular formula is C9H10O3. The Labute approximate surface area is 70.3 Å². The second kappa shape index (κ2) is 1.98. The highest BCUT2D eigenvalue weighted by Crippen LogP contribution is 2.43. The first-order chi connectivity index (χ1) is 5.80. The van der Waals surface area contributed by atoms with Crippen LogP contribution in [0.1, 0.15) is 12.8 Å². The van der Waals surface area contributed by atoms with Crippen LogP contribution in [-0.4, -0.2) is 30.7 Å². The molecule has 0 aromatic carbocycles. The van der Waals surface area contributed by atoms with Crippen molar-refractivity contribution in [2.45, 2.75) is 24.5 Å². The topological polar surface area (TPSA) is 35.5 Å². The zero-order chi connectivity index (χ0) is 8.18. The van der Waals surface area contributed by atoms with Gasteiger partial charge in [-0.1, -0.05) is 0 Å². The number of hydrogen-bond acceptors (Lipinski definition) is 3. The van der Waals surface area contributed by atoms with E-state index >= 15 is 0 Å². The predicted molar refractivity (Wildman–Crippen MR) is 40.7 cm³/mol. The highest BCUT2D eigenvalue weighted by Gasteiger charge is 2.51. The highest BCUT2D eigenvalue weighted by atomic mass is 16.6. The maximum Gasteiger partial charge on any atom is 0.165 e. The van der Waals surface area contributed by atoms with E-state index < -0.39 is 0 Å². The van der Waals surface area contributed by atoms with Crippen molar-refractivity contribution in [1.82, 2.24) is 0 Å². The second-order valence-electron chi connectivity index (χ2n) is 3.68. The first-order valence-corrected chi connectivity index (χ1v) is 4.30. The van der Waals surface area contributed by atoms with Gasteiger partial charge in [-0.2, -0.15) is 0 Å². The molecule has 0 radical (unpaired) electrons. The van der Waals surface area contributed by atoms with Crippen LogP contribution in [0.15, 0.2) is 11.6 Å². The van der Waals surface area contributed by atoms with E-state index in [1.165, 1.54) is 5.57 Å². The maximum absolute atomic E-state index is 11.3. The van der Waals surface area contributed by atoms with E-state index in [0.717, 1.165) is 6.42 Å². The summed E-state index contributed by atoms with van der Waals surface area (Å²) >= 11 is 0. The number of carbonyl (C=O) groups excluding carboxylic acids is 1. The van der Waals surface area contributed by atoms with E-state index in [2.05, 4.69) is 0 Å². The van der Waals surface area contributed by atoms with Crippen molar-refractivity contribution in [3.05, 3.63) is 11.6 Å². The smallest absolute Gasteiger partial charge is 0.165 e. The molecule has 64 valence electrons. The van der Waals surface area contributed by atoms with Gasteiger partial charge >= 0.3 is 0 Å². The minimum absolute atomic E-state index is 0.196. The van der Waals surface area contributed by atoms with Gasteiger partial charge in [-0.05, 0) is 18.1 Å². The van der Waals surface area contributed by atoms with Crippen LogP contribution in [0.2, 0.25) is 0 Å². The molecule has 3 heterocycles. The number of fused-ring (bicyclic) bond motifs is 1. The average molecular weight is 166 g/mol. The summed E-state index contributed by atoms with van der Waals surface area (Å²) in [6.45, 7) is 1.30. The van der Waals surface area contributed by atoms with E-state index in [0.29, 0.717) is 19.6 Å². The van der Waals surface area contributed by atoms with E-state index in [4.69, 9.17) is 9.47 Å². The van der Waals surface area contributed by atoms with Crippen LogP contribution >= 0.6 is 0 Å². The lowest BCUT2D eigenvalue weighted by Gasteiger charge is -2.30. The zero-order valence-electron chi connectivity index (χ0n) is 6.71. The Hall–Kier alpha value is -0.670. The molecule has 0 amide bonds. The quantitative estimate of drug-likeness (QED) is 0.490. The molecule has 3 aliphatic rings. The fourth-order valence-electron chi connectivity index (χ4n) is 2.24. The molecule has 0 aliphatic carbocycles. The van der Waals surface area contributed by atoms with Crippen LogP contribution in [0.5, 0.6) is 0 Å². The normalized spacial score (nSPS) is 44.5. The zero-order valence-corrected chi connectivity index (χ0v) is 6.71. The summed E-state index contributed by atoms with van der Waals surface area (Å²) in [6, 6.07) is 0. The second-order valence-corrected chi connectivity index (χ2v) is 3.68. The number of rotatable bonds is 0. The van der Waals surface area contributed by atoms with Gasteiger partial charge in [-0.3, -0.25) is 4.79 Å². The first kappa shape index (κ1) is 6.80. The molecule has 0 N–H and O–H groups in total. The van der Waals surface area contributed by atoms with Gasteiger partial charge in [0.15, 0.2) is 5.78 Å². The van der Waals surface area contributed by atoms with Crippen LogP contribution < -0.4 is 0 Å². The SMILES string of the molecule is O=C1CC[C@@]23COCC2=C[C@@H]1O3. The van der Waals surface area contributed by atoms with Crippen LogP contribution in [0, 0.1) is 0 Å². The first-order valence-electron chi connectivity index (χ1n) is 4.30. The molecule has 0 aromatic heterocycles. The van der Waals surface area contributed by atoms with Gasteiger partial charge < -0.3 is 9.47 Å². The molecule has 2 saturated heterocycles. The van der Waals surface area contributed by atoms with Crippen LogP contribution in [0.25, 0.3) is 0 Å². The van der Waals surface area contributed by atoms with Gasteiger partial charge in [0.05, 0.1) is 13.2 Å². The van der Waals surface area contributed by atoms with Gasteiger partial charge in [-0.25, -0.2) is 0 Å². The lowest BCUT2D eigenvalue weighted by molar-refractivity contribution is -0.144. The number of Topliss-reactive ketones (excluding diaryl/α,β-unsaturated/α-hetero) is 1. The lowest BCUT2D eigenvalue weighted by Crippen LogP contribution is -2.40. The highest BCUT2D eigenvalue weighted by molar-refractivity contribution is 5.87. The van der Waals surface area contributed by atoms with Crippen molar-refractivity contribution >= 4 is 5.78 Å². The molecule has 2 bridgehead atoms. The Morgan fingerprint density at radius 3 is 3.42 bits per heavy atom. The van der Waals surface area contributed by atoms with Crippen LogP contribution in [0.4, 0.5) is 0 Å². The lowest BCUT2D eigenvalue weighted by atomic mass is 9.92. The third-order valence-corrected chi connectivity index (χ3v) is 2.98. The molecule has 2 atom stereocenters. The summed E-state index contributed by atoms with van der Waals surface area (Å²) in [5.74, 6) is 0.225. The third-order valence-electron chi connectivity index (χ3n) is 2.98. The summed E-state index contributed by atoms with van der Waals surface area (Å²) < 4.78 is 11.0. The molecule has 2 fully saturated rings. The standard InChI is InChI=1S/C9H10O3/c10-7-1-2-9-5-11-4-6(9)3-8(7)12-9/h3,8H,1-2,4-5H2/t8-,9+/m0/s1. The number of ketones is 1. The van der Waals surface area contributed by atoms with Crippen molar-refractivity contribution in [2.24, 2.45) is 0 Å². The molecule has 0 aromatic rings. The minimum Gasteiger partial charge on any atom is -0.374 e. The predicted octanol–water partition coefficient (Wildman–Crippen LogP) is 0.444. The number of hydrogen-bond donors (Lipinski definition) is 0. The Morgan fingerprint density at radius 2 is 2.50 bits per heavy atom. The summed E-state index contributed by atoms with van der Waals surface area (Å²) in [5.41, 5.74) is 0.997. The fourth-order valence-corrected chi connectivity index (χ4v) is 2.24. The largest absolute Gasteiger partial charge is 0.374 e. The molecule has 0 saturated carbocycles. The Morgan fingerprint density at radius 1 is 1.58 bits per heavy atom. The average Bonchev–Trinajstić information content (AvgIpc) is 2.52. The molecule has 1 spiro atoms. The summed E-state index contributed by atoms with van der Waals surface area (Å²) in [4.78, 5) is 11.3. The number of carbonyl (C=O) groups is 1. The number of ether oxygens (including phenoxy) is 2. The molecule has 3 nitrogen and oxygen atoms in total. The third kappa shape index (κ3) is 0.660. The molecular weight excluding hydrogens is 156 g/mol. The van der Waals surface area contributed by atoms with E-state index in [1.54, 1.807) is 0 Å². The minimum atomic E-state index is -0.252. The Balaban J connectivity index is 2.05. The van der Waals surface area contributed by atoms with Crippen LogP contribution in [-0.2, 0) is 14.3 Å². The summed E-state index contributed by atoms with van der Waals surface area (Å²) in [5, 5.41) is 0. The van der Waals surface area contributed by atoms with Gasteiger partial charge in [0, 0.05) is 6.42 Å². The van der Waals surface area contributed by atoms with Crippen LogP contribution in [0.3, 0.4) is 0 Å². The molecule has 3 rings (SSSR count). The van der Waals surface area contributed by atoms with Crippen molar-refractivity contribution in [1.29, 1.82) is 0 Å². The van der Waals surface area contributed by atoms with Crippen molar-refractivity contribution in [3.8, 4) is 0 Å². The molecule has 3 aliphatic heterocycles. The summed E-state index contributed by atoms with van der Waals surface area (Å²) in [6.07, 6.45) is 3.16. The molecule has 0 unspecified atom stereocenters. The molecule has 3 heteroatoms. The van der Waals surface area contributed by atoms with Gasteiger partial charge in [0.2, 0.25) is 0 Å². The van der Waals surface area contributed by atoms with Crippen molar-refractivity contribution < 1.29 is 14.3 Å². The fraction of sp³-hybridized carbons (Fsp3) is 0.667. The van der Waals surface area contributed by atoms with Gasteiger partial charge in [0.25, 0.3) is 0 Å². The van der Waals surface area contributed by atoms with Crippen molar-refractivity contribution in [2.75, 3.05) is 13.2 Å². The van der Waals surface area contributed by atoms with E-state index in [9.17, 15) is 4.79 Å². The van der Waals surface area contributed by atoms with Gasteiger partial charge in [-0.15, -0.1) is 0 Å². The maximum atomic E-state index is 11.3. The van der Waals surface area contributed by atoms with Gasteiger partial charge in [0.1, 0.15) is 11.7 Å². The Bertz CT molecular complexity index is 281. The van der Waals surface area contributed by atoms with E-state index in [-0.39, 0.29) is 17.5 Å². The monoisotopic (exact) mass is 166 g/mol. The summed E-state index contributed by atoms with van der Waals surface area (Å²) in [7, 11) is 0. The van der Waals surface area contributed by atoms with Crippen molar-refractivity contribution in [3.63, 3.8) is 0 Å². The van der Waals surface area contributed by atoms with E-state index in [1.807, 2.05) is 6.08 Å².